The lowest BCUT2D eigenvalue weighted by Crippen LogP contribution is -2.42. The van der Waals surface area contributed by atoms with Crippen LogP contribution in [0.15, 0.2) is 41.8 Å². The smallest absolute Gasteiger partial charge is 0.183 e. The summed E-state index contributed by atoms with van der Waals surface area (Å²) in [6, 6.07) is 12.3. The summed E-state index contributed by atoms with van der Waals surface area (Å²) < 4.78 is 0. The lowest BCUT2D eigenvalue weighted by molar-refractivity contribution is 0.0793. The van der Waals surface area contributed by atoms with Crippen LogP contribution >= 0.6 is 11.3 Å². The maximum Gasteiger partial charge on any atom is 0.183 e. The number of hydrogen-bond donors (Lipinski definition) is 0. The third-order valence-corrected chi connectivity index (χ3v) is 5.05. The van der Waals surface area contributed by atoms with Crippen LogP contribution in [0.2, 0.25) is 0 Å². The van der Waals surface area contributed by atoms with Gasteiger partial charge in [0.05, 0.1) is 10.3 Å². The lowest BCUT2D eigenvalue weighted by atomic mass is 9.61. The lowest BCUT2D eigenvalue weighted by Gasteiger charge is -2.40. The number of carbonyl (C=O) groups is 1. The average Bonchev–Trinajstić information content (AvgIpc) is 2.75. The van der Waals surface area contributed by atoms with Gasteiger partial charge in [0.15, 0.2) is 5.78 Å². The Morgan fingerprint density at radius 2 is 1.89 bits per heavy atom. The van der Waals surface area contributed by atoms with Crippen molar-refractivity contribution in [2.75, 3.05) is 0 Å². The highest BCUT2D eigenvalue weighted by Crippen LogP contribution is 2.47. The maximum atomic E-state index is 12.8. The Bertz CT molecular complexity index is 564. The van der Waals surface area contributed by atoms with Crippen molar-refractivity contribution in [1.82, 2.24) is 0 Å². The topological polar surface area (TPSA) is 17.1 Å². The first kappa shape index (κ1) is 11.7. The van der Waals surface area contributed by atoms with E-state index in [0.717, 1.165) is 29.7 Å². The van der Waals surface area contributed by atoms with Crippen molar-refractivity contribution < 1.29 is 4.79 Å². The van der Waals surface area contributed by atoms with Crippen molar-refractivity contribution in [2.24, 2.45) is 0 Å². The highest BCUT2D eigenvalue weighted by molar-refractivity contribution is 7.12. The highest BCUT2D eigenvalue weighted by Gasteiger charge is 2.46. The maximum absolute atomic E-state index is 12.8. The first-order valence-corrected chi connectivity index (χ1v) is 7.26. The molecule has 0 N–H and O–H groups in total. The van der Waals surface area contributed by atoms with E-state index < -0.39 is 0 Å². The molecule has 92 valence electrons. The van der Waals surface area contributed by atoms with Crippen molar-refractivity contribution >= 4 is 17.1 Å². The SMILES string of the molecule is Cc1ccsc1C(=O)C1(c2ccccc2)CCC1. The number of ketones is 1. The average molecular weight is 256 g/mol. The molecule has 2 aromatic rings. The molecule has 1 heterocycles. The molecule has 0 unspecified atom stereocenters. The number of aryl methyl sites for hydroxylation is 1. The highest BCUT2D eigenvalue weighted by atomic mass is 32.1. The van der Waals surface area contributed by atoms with Crippen LogP contribution in [0.3, 0.4) is 0 Å². The van der Waals surface area contributed by atoms with E-state index in [2.05, 4.69) is 12.1 Å². The molecule has 0 radical (unpaired) electrons. The van der Waals surface area contributed by atoms with Crippen LogP contribution in [-0.2, 0) is 5.41 Å². The van der Waals surface area contributed by atoms with Gasteiger partial charge >= 0.3 is 0 Å². The van der Waals surface area contributed by atoms with Crippen LogP contribution in [0.1, 0.15) is 40.1 Å². The molecular formula is C16H16OS. The molecule has 0 amide bonds. The van der Waals surface area contributed by atoms with Crippen LogP contribution in [0.25, 0.3) is 0 Å². The van der Waals surface area contributed by atoms with Crippen molar-refractivity contribution in [3.8, 4) is 0 Å². The predicted molar refractivity (Wildman–Crippen MR) is 75.4 cm³/mol. The van der Waals surface area contributed by atoms with Gasteiger partial charge in [-0.1, -0.05) is 36.8 Å². The van der Waals surface area contributed by atoms with E-state index in [9.17, 15) is 4.79 Å². The van der Waals surface area contributed by atoms with E-state index in [-0.39, 0.29) is 5.41 Å². The first-order chi connectivity index (χ1) is 8.74. The summed E-state index contributed by atoms with van der Waals surface area (Å²) in [5, 5.41) is 2.01. The van der Waals surface area contributed by atoms with E-state index >= 15 is 0 Å². The van der Waals surface area contributed by atoms with Gasteiger partial charge in [0.1, 0.15) is 0 Å². The monoisotopic (exact) mass is 256 g/mol. The second kappa shape index (κ2) is 4.36. The predicted octanol–water partition coefficient (Wildman–Crippen LogP) is 4.36. The van der Waals surface area contributed by atoms with Gasteiger partial charge in [-0.05, 0) is 42.3 Å². The van der Waals surface area contributed by atoms with Gasteiger partial charge in [-0.15, -0.1) is 11.3 Å². The van der Waals surface area contributed by atoms with Crippen molar-refractivity contribution in [1.29, 1.82) is 0 Å². The van der Waals surface area contributed by atoms with E-state index in [1.165, 1.54) is 5.56 Å². The standard InChI is InChI=1S/C16H16OS/c1-12-8-11-18-14(12)15(17)16(9-5-10-16)13-6-3-2-4-7-13/h2-4,6-8,11H,5,9-10H2,1H3. The van der Waals surface area contributed by atoms with Crippen LogP contribution in [0.4, 0.5) is 0 Å². The van der Waals surface area contributed by atoms with Crippen LogP contribution < -0.4 is 0 Å². The summed E-state index contributed by atoms with van der Waals surface area (Å²) in [6.07, 6.45) is 3.14. The minimum absolute atomic E-state index is 0.239. The van der Waals surface area contributed by atoms with Gasteiger partial charge in [0.2, 0.25) is 0 Å². The number of Topliss-reactive ketones (excluding diaryl/α,β-unsaturated/α-hetero) is 1. The molecule has 1 fully saturated rings. The van der Waals surface area contributed by atoms with Gasteiger partial charge in [0, 0.05) is 0 Å². The Hall–Kier alpha value is -1.41. The molecule has 0 bridgehead atoms. The second-order valence-electron chi connectivity index (χ2n) is 5.06. The zero-order valence-electron chi connectivity index (χ0n) is 10.5. The van der Waals surface area contributed by atoms with Gasteiger partial charge < -0.3 is 0 Å². The van der Waals surface area contributed by atoms with Crippen LogP contribution in [0, 0.1) is 6.92 Å². The minimum atomic E-state index is -0.239. The number of hydrogen-bond acceptors (Lipinski definition) is 2. The quantitative estimate of drug-likeness (QED) is 0.746. The van der Waals surface area contributed by atoms with Gasteiger partial charge in [-0.2, -0.15) is 0 Å². The molecule has 1 aliphatic rings. The Kier molecular flexibility index (Phi) is 2.83. The van der Waals surface area contributed by atoms with Gasteiger partial charge in [0.25, 0.3) is 0 Å². The number of benzene rings is 1. The minimum Gasteiger partial charge on any atom is -0.292 e. The normalized spacial score (nSPS) is 17.2. The summed E-state index contributed by atoms with van der Waals surface area (Å²) in [5.41, 5.74) is 2.07. The molecule has 1 aromatic heterocycles. The molecule has 0 spiro atoms. The summed E-state index contributed by atoms with van der Waals surface area (Å²) in [6.45, 7) is 2.03. The molecule has 1 aliphatic carbocycles. The Balaban J connectivity index is 2.03. The molecule has 0 aliphatic heterocycles. The molecule has 18 heavy (non-hydrogen) atoms. The molecule has 1 aromatic carbocycles. The Labute approximate surface area is 111 Å². The molecule has 2 heteroatoms. The number of thiophene rings is 1. The van der Waals surface area contributed by atoms with E-state index in [1.807, 2.05) is 36.6 Å². The van der Waals surface area contributed by atoms with Crippen LogP contribution in [0.5, 0.6) is 0 Å². The number of carbonyl (C=O) groups excluding carboxylic acids is 1. The van der Waals surface area contributed by atoms with Crippen LogP contribution in [-0.4, -0.2) is 5.78 Å². The second-order valence-corrected chi connectivity index (χ2v) is 5.98. The Morgan fingerprint density at radius 3 is 2.39 bits per heavy atom. The van der Waals surface area contributed by atoms with Crippen molar-refractivity contribution in [2.45, 2.75) is 31.6 Å². The molecule has 1 saturated carbocycles. The summed E-state index contributed by atoms with van der Waals surface area (Å²) in [7, 11) is 0. The fraction of sp³-hybridized carbons (Fsp3) is 0.312. The van der Waals surface area contributed by atoms with Crippen molar-refractivity contribution in [3.05, 3.63) is 57.8 Å². The molecule has 3 rings (SSSR count). The molecule has 1 nitrogen and oxygen atoms in total. The summed E-state index contributed by atoms with van der Waals surface area (Å²) in [5.74, 6) is 0.326. The fourth-order valence-electron chi connectivity index (χ4n) is 2.76. The summed E-state index contributed by atoms with van der Waals surface area (Å²) >= 11 is 1.58. The largest absolute Gasteiger partial charge is 0.292 e. The zero-order valence-corrected chi connectivity index (χ0v) is 11.3. The molecular weight excluding hydrogens is 240 g/mol. The summed E-state index contributed by atoms with van der Waals surface area (Å²) in [4.78, 5) is 13.8. The first-order valence-electron chi connectivity index (χ1n) is 6.38. The van der Waals surface area contributed by atoms with E-state index in [1.54, 1.807) is 11.3 Å². The Morgan fingerprint density at radius 1 is 1.17 bits per heavy atom. The molecule has 0 saturated heterocycles. The fourth-order valence-corrected chi connectivity index (χ4v) is 3.72. The van der Waals surface area contributed by atoms with Gasteiger partial charge in [-0.3, -0.25) is 4.79 Å². The number of rotatable bonds is 3. The van der Waals surface area contributed by atoms with Gasteiger partial charge in [-0.25, -0.2) is 0 Å². The zero-order chi connectivity index (χ0) is 12.6. The third-order valence-electron chi connectivity index (χ3n) is 4.04. The van der Waals surface area contributed by atoms with Crippen molar-refractivity contribution in [3.63, 3.8) is 0 Å². The molecule has 0 atom stereocenters. The third kappa shape index (κ3) is 1.64. The van der Waals surface area contributed by atoms with E-state index in [0.29, 0.717) is 5.78 Å². The van der Waals surface area contributed by atoms with E-state index in [4.69, 9.17) is 0 Å².